The van der Waals surface area contributed by atoms with Crippen LogP contribution < -0.4 is 10.9 Å². The molecule has 1 amide bonds. The SMILES string of the molecule is CN1CCCC2(CCCC2)C1.CNC1CCN(C=O)C(c2cc(F)ccc2F)C1.Cc1ccccc1-c1cc(=O)n(C)cn1. The number of amides is 1. The molecule has 2 unspecified atom stereocenters. The lowest BCUT2D eigenvalue weighted by Gasteiger charge is -2.38. The molecule has 2 atom stereocenters. The number of aromatic nitrogens is 2. The minimum atomic E-state index is -0.483. The summed E-state index contributed by atoms with van der Waals surface area (Å²) in [7, 11) is 5.80. The number of nitrogens with zero attached hydrogens (tertiary/aromatic N) is 4. The van der Waals surface area contributed by atoms with Gasteiger partial charge in [0.05, 0.1) is 18.1 Å². The minimum Gasteiger partial charge on any atom is -0.338 e. The van der Waals surface area contributed by atoms with Crippen LogP contribution in [0.15, 0.2) is 59.7 Å². The van der Waals surface area contributed by atoms with Crippen molar-refractivity contribution in [2.75, 3.05) is 33.7 Å². The molecule has 1 N–H and O–H groups in total. The molecule has 3 heterocycles. The predicted molar refractivity (Wildman–Crippen MR) is 171 cm³/mol. The molecule has 2 aliphatic heterocycles. The molecule has 7 nitrogen and oxygen atoms in total. The zero-order chi connectivity index (χ0) is 31.7. The van der Waals surface area contributed by atoms with E-state index in [-0.39, 0.29) is 17.2 Å². The Balaban J connectivity index is 0.000000155. The van der Waals surface area contributed by atoms with Gasteiger partial charge in [-0.1, -0.05) is 37.1 Å². The van der Waals surface area contributed by atoms with Crippen LogP contribution in [0.3, 0.4) is 0 Å². The van der Waals surface area contributed by atoms with Crippen LogP contribution in [-0.4, -0.2) is 65.5 Å². The summed E-state index contributed by atoms with van der Waals surface area (Å²) in [6.45, 7) is 5.28. The lowest BCUT2D eigenvalue weighted by atomic mass is 9.79. The Kier molecular flexibility index (Phi) is 11.8. The normalized spacial score (nSPS) is 21.2. The minimum absolute atomic E-state index is 0.0387. The lowest BCUT2D eigenvalue weighted by Crippen LogP contribution is -2.43. The number of hydrogen-bond acceptors (Lipinski definition) is 5. The molecule has 1 aliphatic carbocycles. The van der Waals surface area contributed by atoms with Crippen LogP contribution >= 0.6 is 0 Å². The van der Waals surface area contributed by atoms with E-state index in [1.165, 1.54) is 67.1 Å². The summed E-state index contributed by atoms with van der Waals surface area (Å²) < 4.78 is 28.4. The van der Waals surface area contributed by atoms with Gasteiger partial charge in [-0.3, -0.25) is 9.59 Å². The summed E-state index contributed by atoms with van der Waals surface area (Å²) >= 11 is 0. The molecule has 6 rings (SSSR count). The van der Waals surface area contributed by atoms with Gasteiger partial charge in [0.15, 0.2) is 0 Å². The van der Waals surface area contributed by atoms with E-state index in [0.717, 1.165) is 40.8 Å². The molecule has 2 aromatic carbocycles. The molecule has 0 radical (unpaired) electrons. The molecule has 3 fully saturated rings. The fraction of sp³-hybridized carbons (Fsp3) is 0.514. The molecule has 3 aliphatic rings. The third-order valence-electron chi connectivity index (χ3n) is 9.42. The molecule has 1 spiro atoms. The van der Waals surface area contributed by atoms with Crippen LogP contribution in [0.2, 0.25) is 0 Å². The first-order valence-corrected chi connectivity index (χ1v) is 15.7. The van der Waals surface area contributed by atoms with Crippen LogP contribution in [0, 0.1) is 24.0 Å². The van der Waals surface area contributed by atoms with E-state index in [1.54, 1.807) is 19.4 Å². The Morgan fingerprint density at radius 1 is 1.00 bits per heavy atom. The van der Waals surface area contributed by atoms with Crippen LogP contribution in [0.25, 0.3) is 11.3 Å². The largest absolute Gasteiger partial charge is 0.338 e. The number of carbonyl (C=O) groups excluding carboxylic acids is 1. The van der Waals surface area contributed by atoms with E-state index < -0.39 is 17.7 Å². The molecule has 238 valence electrons. The molecule has 44 heavy (non-hydrogen) atoms. The number of likely N-dealkylation sites (tertiary alicyclic amines) is 2. The van der Waals surface area contributed by atoms with Gasteiger partial charge in [0.25, 0.3) is 5.56 Å². The number of benzene rings is 2. The Hall–Kier alpha value is -3.43. The Morgan fingerprint density at radius 2 is 1.73 bits per heavy atom. The molecular weight excluding hydrogens is 560 g/mol. The molecule has 2 saturated heterocycles. The second kappa shape index (κ2) is 15.5. The lowest BCUT2D eigenvalue weighted by molar-refractivity contribution is -0.121. The van der Waals surface area contributed by atoms with Crippen LogP contribution in [0.4, 0.5) is 8.78 Å². The van der Waals surface area contributed by atoms with Gasteiger partial charge >= 0.3 is 0 Å². The van der Waals surface area contributed by atoms with Gasteiger partial charge in [-0.15, -0.1) is 0 Å². The van der Waals surface area contributed by atoms with Crippen molar-refractivity contribution in [1.82, 2.24) is 24.7 Å². The second-order valence-electron chi connectivity index (χ2n) is 12.6. The van der Waals surface area contributed by atoms with E-state index >= 15 is 0 Å². The van der Waals surface area contributed by atoms with Gasteiger partial charge in [-0.05, 0) is 95.3 Å². The number of hydrogen-bond donors (Lipinski definition) is 1. The standard InChI is InChI=1S/C13H16F2N2O.C12H12N2O.C10H19N/c1-16-10-4-5-17(8-18)13(7-10)11-6-9(14)2-3-12(11)15;1-9-5-3-4-6-10(9)11-7-12(15)14(2)8-13-11;1-11-8-4-7-10(9-11)5-2-3-6-10/h2-3,6,8,10,13,16H,4-5,7H2,1H3;3-8H,1-2H3;2-9H2,1H3. The summed E-state index contributed by atoms with van der Waals surface area (Å²) in [4.78, 5) is 30.8. The maximum absolute atomic E-state index is 13.8. The van der Waals surface area contributed by atoms with Crippen molar-refractivity contribution in [2.45, 2.75) is 70.4 Å². The van der Waals surface area contributed by atoms with Gasteiger partial charge in [0.1, 0.15) is 11.6 Å². The summed E-state index contributed by atoms with van der Waals surface area (Å²) in [5.74, 6) is -0.950. The monoisotopic (exact) mass is 607 g/mol. The Morgan fingerprint density at radius 3 is 2.39 bits per heavy atom. The molecule has 3 aromatic rings. The number of carbonyl (C=O) groups is 1. The predicted octanol–water partition coefficient (Wildman–Crippen LogP) is 5.87. The Labute approximate surface area is 260 Å². The van der Waals surface area contributed by atoms with Gasteiger partial charge in [-0.25, -0.2) is 13.8 Å². The number of rotatable bonds is 4. The molecule has 0 bridgehead atoms. The summed E-state index contributed by atoms with van der Waals surface area (Å²) in [5, 5.41) is 3.12. The van der Waals surface area contributed by atoms with Crippen molar-refractivity contribution in [2.24, 2.45) is 12.5 Å². The Bertz CT molecular complexity index is 1440. The van der Waals surface area contributed by atoms with E-state index in [9.17, 15) is 18.4 Å². The van der Waals surface area contributed by atoms with Crippen molar-refractivity contribution in [3.63, 3.8) is 0 Å². The maximum atomic E-state index is 13.8. The first-order valence-electron chi connectivity index (χ1n) is 15.7. The highest BCUT2D eigenvalue weighted by molar-refractivity contribution is 5.62. The maximum Gasteiger partial charge on any atom is 0.253 e. The van der Waals surface area contributed by atoms with E-state index in [1.807, 2.05) is 38.2 Å². The zero-order valence-corrected chi connectivity index (χ0v) is 26.6. The van der Waals surface area contributed by atoms with Crippen molar-refractivity contribution in [3.05, 3.63) is 88.0 Å². The van der Waals surface area contributed by atoms with Crippen molar-refractivity contribution in [1.29, 1.82) is 0 Å². The molecule has 1 saturated carbocycles. The smallest absolute Gasteiger partial charge is 0.253 e. The van der Waals surface area contributed by atoms with Gasteiger partial charge in [-0.2, -0.15) is 0 Å². The number of nitrogens with one attached hydrogen (secondary N) is 1. The van der Waals surface area contributed by atoms with E-state index in [4.69, 9.17) is 0 Å². The van der Waals surface area contributed by atoms with E-state index in [2.05, 4.69) is 22.2 Å². The summed E-state index contributed by atoms with van der Waals surface area (Å²) in [6, 6.07) is 12.6. The molecular formula is C35H47F2N5O2. The number of piperidine rings is 2. The van der Waals surface area contributed by atoms with Crippen LogP contribution in [0.5, 0.6) is 0 Å². The average Bonchev–Trinajstić information content (AvgIpc) is 3.47. The van der Waals surface area contributed by atoms with Crippen molar-refractivity contribution >= 4 is 6.41 Å². The highest BCUT2D eigenvalue weighted by atomic mass is 19.1. The first-order chi connectivity index (χ1) is 21.1. The van der Waals surface area contributed by atoms with Gasteiger partial charge < -0.3 is 19.7 Å². The fourth-order valence-corrected chi connectivity index (χ4v) is 6.90. The van der Waals surface area contributed by atoms with Crippen LogP contribution in [0.1, 0.15) is 68.5 Å². The van der Waals surface area contributed by atoms with Crippen LogP contribution in [-0.2, 0) is 11.8 Å². The van der Waals surface area contributed by atoms with Gasteiger partial charge in [0.2, 0.25) is 6.41 Å². The topological polar surface area (TPSA) is 70.5 Å². The van der Waals surface area contributed by atoms with Crippen molar-refractivity contribution < 1.29 is 13.6 Å². The fourth-order valence-electron chi connectivity index (χ4n) is 6.90. The van der Waals surface area contributed by atoms with Gasteiger partial charge in [0, 0.05) is 43.4 Å². The summed E-state index contributed by atoms with van der Waals surface area (Å²) in [5.41, 5.74) is 3.85. The third kappa shape index (κ3) is 8.60. The van der Waals surface area contributed by atoms with Crippen molar-refractivity contribution in [3.8, 4) is 11.3 Å². The highest BCUT2D eigenvalue weighted by Gasteiger charge is 2.36. The second-order valence-corrected chi connectivity index (χ2v) is 12.6. The highest BCUT2D eigenvalue weighted by Crippen LogP contribution is 2.44. The third-order valence-corrected chi connectivity index (χ3v) is 9.42. The average molecular weight is 608 g/mol. The first kappa shape index (κ1) is 33.5. The molecule has 1 aromatic heterocycles. The number of halogens is 2. The summed E-state index contributed by atoms with van der Waals surface area (Å²) in [6.07, 6.45) is 12.6. The molecule has 9 heteroatoms. The zero-order valence-electron chi connectivity index (χ0n) is 26.6. The van der Waals surface area contributed by atoms with E-state index in [0.29, 0.717) is 19.4 Å². The quantitative estimate of drug-likeness (QED) is 0.376. The number of aryl methyl sites for hydroxylation is 2.